The van der Waals surface area contributed by atoms with Gasteiger partial charge in [-0.15, -0.1) is 0 Å². The van der Waals surface area contributed by atoms with Crippen molar-refractivity contribution in [2.75, 3.05) is 19.5 Å². The first-order valence-electron chi connectivity index (χ1n) is 11.3. The van der Waals surface area contributed by atoms with E-state index in [2.05, 4.69) is 15.3 Å². The Morgan fingerprint density at radius 1 is 1.14 bits per heavy atom. The maximum Gasteiger partial charge on any atom is 0.316 e. The van der Waals surface area contributed by atoms with Crippen molar-refractivity contribution in [2.45, 2.75) is 32.4 Å². The minimum absolute atomic E-state index is 0.0321. The molecule has 2 heterocycles. The number of amidine groups is 2. The molecule has 1 atom stereocenters. The van der Waals surface area contributed by atoms with E-state index in [1.54, 1.807) is 14.0 Å². The van der Waals surface area contributed by atoms with Crippen LogP contribution < -0.4 is 10.1 Å². The van der Waals surface area contributed by atoms with Gasteiger partial charge >= 0.3 is 5.97 Å². The summed E-state index contributed by atoms with van der Waals surface area (Å²) < 4.78 is 10.1. The Labute approximate surface area is 207 Å². The third-order valence-corrected chi connectivity index (χ3v) is 6.38. The molecular weight excluding hydrogens is 468 g/mol. The van der Waals surface area contributed by atoms with Gasteiger partial charge in [-0.3, -0.25) is 19.4 Å². The lowest BCUT2D eigenvalue weighted by Crippen LogP contribution is -2.41. The van der Waals surface area contributed by atoms with E-state index in [0.29, 0.717) is 23.2 Å². The van der Waals surface area contributed by atoms with Crippen LogP contribution in [0.1, 0.15) is 30.9 Å². The summed E-state index contributed by atoms with van der Waals surface area (Å²) in [5.41, 5.74) is 2.37. The fraction of sp³-hybridized carbons (Fsp3) is 0.320. The van der Waals surface area contributed by atoms with Crippen molar-refractivity contribution in [3.05, 3.63) is 59.7 Å². The van der Waals surface area contributed by atoms with Crippen LogP contribution in [0.2, 0.25) is 0 Å². The number of ether oxygens (including phenoxy) is 2. The zero-order valence-electron chi connectivity index (χ0n) is 19.5. The predicted molar refractivity (Wildman–Crippen MR) is 134 cm³/mol. The van der Waals surface area contributed by atoms with Gasteiger partial charge in [-0.25, -0.2) is 9.89 Å². The third-order valence-electron chi connectivity index (χ3n) is 5.47. The second kappa shape index (κ2) is 11.2. The van der Waals surface area contributed by atoms with Crippen LogP contribution in [0.4, 0.5) is 5.69 Å². The molecule has 0 saturated heterocycles. The smallest absolute Gasteiger partial charge is 0.316 e. The van der Waals surface area contributed by atoms with Crippen LogP contribution in [0, 0.1) is 0 Å². The highest BCUT2D eigenvalue weighted by Gasteiger charge is 2.41. The van der Waals surface area contributed by atoms with E-state index in [9.17, 15) is 14.4 Å². The second-order valence-corrected chi connectivity index (χ2v) is 8.75. The van der Waals surface area contributed by atoms with Crippen LogP contribution in [0.3, 0.4) is 0 Å². The number of para-hydroxylation sites is 1. The van der Waals surface area contributed by atoms with Gasteiger partial charge in [0, 0.05) is 18.5 Å². The van der Waals surface area contributed by atoms with Gasteiger partial charge < -0.3 is 14.8 Å². The Morgan fingerprint density at radius 2 is 1.91 bits per heavy atom. The van der Waals surface area contributed by atoms with Crippen molar-refractivity contribution in [3.63, 3.8) is 0 Å². The highest BCUT2D eigenvalue weighted by atomic mass is 32.2. The lowest BCUT2D eigenvalue weighted by atomic mass is 10.1. The molecule has 0 aromatic heterocycles. The molecule has 10 heteroatoms. The number of amides is 2. The highest BCUT2D eigenvalue weighted by molar-refractivity contribution is 8.14. The summed E-state index contributed by atoms with van der Waals surface area (Å²) in [6, 6.07) is 14.1. The van der Waals surface area contributed by atoms with E-state index in [0.717, 1.165) is 28.6 Å². The Balaban J connectivity index is 1.40. The van der Waals surface area contributed by atoms with Crippen molar-refractivity contribution >= 4 is 46.2 Å². The number of esters is 1. The van der Waals surface area contributed by atoms with Crippen molar-refractivity contribution in [2.24, 2.45) is 9.98 Å². The molecule has 0 radical (unpaired) electrons. The molecule has 2 aromatic rings. The molecule has 0 bridgehead atoms. The highest BCUT2D eigenvalue weighted by Crippen LogP contribution is 2.34. The van der Waals surface area contributed by atoms with Gasteiger partial charge in [-0.05, 0) is 43.2 Å². The first-order chi connectivity index (χ1) is 17.0. The number of rotatable bonds is 9. The van der Waals surface area contributed by atoms with Gasteiger partial charge in [0.15, 0.2) is 5.17 Å². The molecule has 0 fully saturated rings. The monoisotopic (exact) mass is 494 g/mol. The topological polar surface area (TPSA) is 110 Å². The maximum absolute atomic E-state index is 13.2. The number of nitrogens with one attached hydrogen (secondary N) is 1. The summed E-state index contributed by atoms with van der Waals surface area (Å²) in [5, 5.41) is 3.26. The molecule has 0 saturated carbocycles. The van der Waals surface area contributed by atoms with Gasteiger partial charge in [0.2, 0.25) is 5.91 Å². The molecule has 35 heavy (non-hydrogen) atoms. The fourth-order valence-electron chi connectivity index (χ4n) is 3.71. The quantitative estimate of drug-likeness (QED) is 0.537. The van der Waals surface area contributed by atoms with E-state index in [1.807, 2.05) is 48.5 Å². The van der Waals surface area contributed by atoms with Crippen LogP contribution in [0.25, 0.3) is 0 Å². The van der Waals surface area contributed by atoms with E-state index < -0.39 is 6.04 Å². The lowest BCUT2D eigenvalue weighted by Gasteiger charge is -2.25. The maximum atomic E-state index is 13.2. The second-order valence-electron chi connectivity index (χ2n) is 7.81. The zero-order chi connectivity index (χ0) is 24.8. The first-order valence-corrected chi connectivity index (χ1v) is 12.3. The van der Waals surface area contributed by atoms with Gasteiger partial charge in [-0.2, -0.15) is 0 Å². The number of fused-ring (bicyclic) bond motifs is 3. The largest absolute Gasteiger partial charge is 0.497 e. The molecule has 1 N–H and O–H groups in total. The minimum Gasteiger partial charge on any atom is -0.497 e. The Morgan fingerprint density at radius 3 is 2.66 bits per heavy atom. The van der Waals surface area contributed by atoms with Gasteiger partial charge in [-0.1, -0.05) is 36.0 Å². The van der Waals surface area contributed by atoms with Crippen molar-refractivity contribution in [1.29, 1.82) is 0 Å². The number of benzene rings is 2. The van der Waals surface area contributed by atoms with E-state index in [1.165, 1.54) is 4.90 Å². The van der Waals surface area contributed by atoms with Gasteiger partial charge in [0.05, 0.1) is 25.2 Å². The lowest BCUT2D eigenvalue weighted by molar-refractivity contribution is -0.139. The molecule has 182 valence electrons. The number of nitrogens with zero attached hydrogens (tertiary/aromatic N) is 3. The Kier molecular flexibility index (Phi) is 7.81. The average molecular weight is 495 g/mol. The summed E-state index contributed by atoms with van der Waals surface area (Å²) in [4.78, 5) is 48.2. The van der Waals surface area contributed by atoms with E-state index in [-0.39, 0.29) is 43.0 Å². The van der Waals surface area contributed by atoms with Crippen LogP contribution in [0.15, 0.2) is 58.5 Å². The molecular formula is C25H26N4O5S. The number of carbonyl (C=O) groups excluding carboxylic acids is 3. The molecule has 1 unspecified atom stereocenters. The molecule has 2 aliphatic heterocycles. The number of hydrogen-bond donors (Lipinski definition) is 1. The van der Waals surface area contributed by atoms with E-state index >= 15 is 0 Å². The normalized spacial score (nSPS) is 16.1. The average Bonchev–Trinajstić information content (AvgIpc) is 3.21. The number of hydrogen-bond acceptors (Lipinski definition) is 8. The number of thioether (sulfide) groups is 1. The van der Waals surface area contributed by atoms with Crippen LogP contribution in [0.5, 0.6) is 5.75 Å². The first kappa shape index (κ1) is 24.5. The Hall–Kier alpha value is -3.66. The molecule has 2 aliphatic rings. The predicted octanol–water partition coefficient (Wildman–Crippen LogP) is 3.05. The van der Waals surface area contributed by atoms with Crippen LogP contribution in [-0.2, 0) is 25.7 Å². The van der Waals surface area contributed by atoms with Crippen molar-refractivity contribution < 1.29 is 23.9 Å². The molecule has 0 spiro atoms. The van der Waals surface area contributed by atoms with E-state index in [4.69, 9.17) is 9.47 Å². The summed E-state index contributed by atoms with van der Waals surface area (Å²) in [6.07, 6.45) is 0.423. The molecule has 2 aromatic carbocycles. The van der Waals surface area contributed by atoms with Gasteiger partial charge in [0.1, 0.15) is 17.6 Å². The molecule has 4 rings (SSSR count). The minimum atomic E-state index is -0.698. The summed E-state index contributed by atoms with van der Waals surface area (Å²) in [5.74, 6) is 0.479. The zero-order valence-corrected chi connectivity index (χ0v) is 20.3. The van der Waals surface area contributed by atoms with Crippen molar-refractivity contribution in [3.8, 4) is 5.75 Å². The van der Waals surface area contributed by atoms with Gasteiger partial charge in [0.25, 0.3) is 5.91 Å². The standard InChI is InChI=1S/C25H26N4O5S/c1-3-34-22(31)15-35-25-28-19-7-5-4-6-18(19)23-27-20(24(32)29(23)25)12-13-21(30)26-14-16-8-10-17(33-2)11-9-16/h4-11,20H,3,12-15H2,1-2H3,(H,26,30). The molecule has 0 aliphatic carbocycles. The SMILES string of the molecule is CCOC(=O)CSC1=Nc2ccccc2C2=NC(CCC(=O)NCc3ccc(OC)cc3)C(=O)N12. The Bertz CT molecular complexity index is 1180. The van der Waals surface area contributed by atoms with Crippen molar-refractivity contribution in [1.82, 2.24) is 10.2 Å². The summed E-state index contributed by atoms with van der Waals surface area (Å²) in [6.45, 7) is 2.41. The summed E-state index contributed by atoms with van der Waals surface area (Å²) in [7, 11) is 1.60. The third kappa shape index (κ3) is 5.71. The molecule has 9 nitrogen and oxygen atoms in total. The van der Waals surface area contributed by atoms with Crippen LogP contribution in [-0.4, -0.2) is 59.2 Å². The number of methoxy groups -OCH3 is 1. The number of aliphatic imine (C=N–C) groups is 2. The summed E-state index contributed by atoms with van der Waals surface area (Å²) >= 11 is 1.14. The fourth-order valence-corrected chi connectivity index (χ4v) is 4.51. The number of carbonyl (C=O) groups is 3. The molecule has 2 amide bonds. The van der Waals surface area contributed by atoms with Crippen LogP contribution >= 0.6 is 11.8 Å².